The number of nitrogens with zero attached hydrogens (tertiary/aromatic N) is 4. The van der Waals surface area contributed by atoms with Crippen molar-refractivity contribution in [3.8, 4) is 0 Å². The highest BCUT2D eigenvalue weighted by Crippen LogP contribution is 2.34. The van der Waals surface area contributed by atoms with Crippen molar-refractivity contribution in [2.24, 2.45) is 5.92 Å². The zero-order chi connectivity index (χ0) is 12.7. The number of halogens is 1. The first-order valence-electron chi connectivity index (χ1n) is 6.28. The molecule has 0 bridgehead atoms. The van der Waals surface area contributed by atoms with Crippen LogP contribution in [-0.2, 0) is 0 Å². The van der Waals surface area contributed by atoms with Gasteiger partial charge in [0.05, 0.1) is 6.33 Å². The van der Waals surface area contributed by atoms with Crippen LogP contribution in [0.15, 0.2) is 6.33 Å². The van der Waals surface area contributed by atoms with Crippen molar-refractivity contribution in [2.75, 3.05) is 11.4 Å². The Balaban J connectivity index is 2.07. The van der Waals surface area contributed by atoms with E-state index < -0.39 is 0 Å². The summed E-state index contributed by atoms with van der Waals surface area (Å²) in [4.78, 5) is 18.1. The van der Waals surface area contributed by atoms with Gasteiger partial charge in [-0.15, -0.1) is 0 Å². The molecule has 0 atom stereocenters. The van der Waals surface area contributed by atoms with Gasteiger partial charge < -0.3 is 9.88 Å². The molecule has 96 valence electrons. The lowest BCUT2D eigenvalue weighted by molar-refractivity contribution is 0.603. The summed E-state index contributed by atoms with van der Waals surface area (Å²) < 4.78 is 0. The van der Waals surface area contributed by atoms with Crippen LogP contribution in [0.3, 0.4) is 0 Å². The summed E-state index contributed by atoms with van der Waals surface area (Å²) in [5.41, 5.74) is 1.52. The van der Waals surface area contributed by atoms with Gasteiger partial charge in [-0.2, -0.15) is 9.97 Å². The normalized spacial score (nSPS) is 15.6. The van der Waals surface area contributed by atoms with E-state index in [1.54, 1.807) is 6.33 Å². The third-order valence-corrected chi connectivity index (χ3v) is 3.23. The summed E-state index contributed by atoms with van der Waals surface area (Å²) in [6.45, 7) is 5.40. The van der Waals surface area contributed by atoms with Crippen LogP contribution in [-0.4, -0.2) is 32.5 Å². The van der Waals surface area contributed by atoms with Crippen LogP contribution < -0.4 is 4.90 Å². The predicted molar refractivity (Wildman–Crippen MR) is 71.9 cm³/mol. The van der Waals surface area contributed by atoms with Crippen molar-refractivity contribution in [1.82, 2.24) is 19.9 Å². The van der Waals surface area contributed by atoms with Crippen molar-refractivity contribution >= 4 is 28.6 Å². The molecular weight excluding hydrogens is 250 g/mol. The van der Waals surface area contributed by atoms with Crippen LogP contribution in [0.25, 0.3) is 11.2 Å². The first kappa shape index (κ1) is 11.7. The minimum absolute atomic E-state index is 0.263. The van der Waals surface area contributed by atoms with Gasteiger partial charge in [0.15, 0.2) is 11.5 Å². The molecule has 3 rings (SSSR count). The Hall–Kier alpha value is -1.36. The highest BCUT2D eigenvalue weighted by atomic mass is 35.5. The lowest BCUT2D eigenvalue weighted by Gasteiger charge is -2.25. The number of aromatic nitrogens is 4. The van der Waals surface area contributed by atoms with Gasteiger partial charge in [0.1, 0.15) is 5.52 Å². The monoisotopic (exact) mass is 265 g/mol. The van der Waals surface area contributed by atoms with Crippen molar-refractivity contribution in [3.63, 3.8) is 0 Å². The first-order valence-corrected chi connectivity index (χ1v) is 6.66. The van der Waals surface area contributed by atoms with Crippen LogP contribution in [0, 0.1) is 5.92 Å². The smallest absolute Gasteiger partial charge is 0.226 e. The topological polar surface area (TPSA) is 57.7 Å². The van der Waals surface area contributed by atoms with Gasteiger partial charge in [-0.3, -0.25) is 0 Å². The van der Waals surface area contributed by atoms with E-state index in [-0.39, 0.29) is 5.28 Å². The van der Waals surface area contributed by atoms with Crippen molar-refractivity contribution in [3.05, 3.63) is 11.6 Å². The molecule has 1 aliphatic carbocycles. The molecule has 0 aromatic carbocycles. The second-order valence-electron chi connectivity index (χ2n) is 5.19. The van der Waals surface area contributed by atoms with Gasteiger partial charge >= 0.3 is 0 Å². The highest BCUT2D eigenvalue weighted by molar-refractivity contribution is 6.28. The molecule has 1 N–H and O–H groups in total. The lowest BCUT2D eigenvalue weighted by Crippen LogP contribution is -2.31. The predicted octanol–water partition coefficient (Wildman–Crippen LogP) is 2.63. The molecule has 0 aliphatic heterocycles. The number of fused-ring (bicyclic) bond motifs is 1. The van der Waals surface area contributed by atoms with Crippen molar-refractivity contribution in [1.29, 1.82) is 0 Å². The Labute approximate surface area is 111 Å². The van der Waals surface area contributed by atoms with E-state index in [1.165, 1.54) is 12.8 Å². The molecule has 1 saturated carbocycles. The fraction of sp³-hybridized carbons (Fsp3) is 0.583. The van der Waals surface area contributed by atoms with E-state index in [0.29, 0.717) is 17.6 Å². The molecule has 0 unspecified atom stereocenters. The molecule has 18 heavy (non-hydrogen) atoms. The maximum Gasteiger partial charge on any atom is 0.226 e. The summed E-state index contributed by atoms with van der Waals surface area (Å²) in [5.74, 6) is 1.47. The Morgan fingerprint density at radius 1 is 1.44 bits per heavy atom. The Morgan fingerprint density at radius 3 is 2.89 bits per heavy atom. The SMILES string of the molecule is CC(C)CN(c1nc(Cl)nc2nc[nH]c12)C1CC1. The van der Waals surface area contributed by atoms with Gasteiger partial charge in [0.25, 0.3) is 0 Å². The molecule has 0 saturated heterocycles. The number of hydrogen-bond donors (Lipinski definition) is 1. The molecule has 6 heteroatoms. The first-order chi connectivity index (χ1) is 8.65. The zero-order valence-electron chi connectivity index (χ0n) is 10.5. The number of anilines is 1. The summed E-state index contributed by atoms with van der Waals surface area (Å²) in [6.07, 6.45) is 4.09. The Morgan fingerprint density at radius 2 is 2.22 bits per heavy atom. The second kappa shape index (κ2) is 4.39. The van der Waals surface area contributed by atoms with Crippen LogP contribution in [0.1, 0.15) is 26.7 Å². The van der Waals surface area contributed by atoms with E-state index in [9.17, 15) is 0 Å². The summed E-state index contributed by atoms with van der Waals surface area (Å²) in [6, 6.07) is 0.588. The fourth-order valence-corrected chi connectivity index (χ4v) is 2.35. The minimum atomic E-state index is 0.263. The van der Waals surface area contributed by atoms with Gasteiger partial charge in [0, 0.05) is 12.6 Å². The molecule has 1 fully saturated rings. The van der Waals surface area contributed by atoms with E-state index in [0.717, 1.165) is 17.9 Å². The molecule has 1 aliphatic rings. The molecular formula is C12H16ClN5. The van der Waals surface area contributed by atoms with Gasteiger partial charge in [-0.1, -0.05) is 13.8 Å². The molecule has 2 heterocycles. The third kappa shape index (κ3) is 2.14. The van der Waals surface area contributed by atoms with Crippen LogP contribution in [0.4, 0.5) is 5.82 Å². The van der Waals surface area contributed by atoms with Crippen molar-refractivity contribution in [2.45, 2.75) is 32.7 Å². The molecule has 2 aromatic rings. The number of rotatable bonds is 4. The summed E-state index contributed by atoms with van der Waals surface area (Å²) in [5, 5.41) is 0.263. The highest BCUT2D eigenvalue weighted by Gasteiger charge is 2.32. The maximum absolute atomic E-state index is 5.98. The number of nitrogens with one attached hydrogen (secondary N) is 1. The summed E-state index contributed by atoms with van der Waals surface area (Å²) >= 11 is 5.98. The molecule has 2 aromatic heterocycles. The van der Waals surface area contributed by atoms with E-state index in [1.807, 2.05) is 0 Å². The molecule has 0 radical (unpaired) electrons. The van der Waals surface area contributed by atoms with E-state index in [4.69, 9.17) is 11.6 Å². The quantitative estimate of drug-likeness (QED) is 0.864. The second-order valence-corrected chi connectivity index (χ2v) is 5.53. The minimum Gasteiger partial charge on any atom is -0.351 e. The fourth-order valence-electron chi connectivity index (χ4n) is 2.19. The number of aromatic amines is 1. The largest absolute Gasteiger partial charge is 0.351 e. The Kier molecular flexibility index (Phi) is 2.86. The molecule has 0 amide bonds. The van der Waals surface area contributed by atoms with E-state index >= 15 is 0 Å². The lowest BCUT2D eigenvalue weighted by atomic mass is 10.2. The van der Waals surface area contributed by atoms with Crippen LogP contribution >= 0.6 is 11.6 Å². The van der Waals surface area contributed by atoms with Crippen LogP contribution in [0.5, 0.6) is 0 Å². The van der Waals surface area contributed by atoms with Gasteiger partial charge in [0.2, 0.25) is 5.28 Å². The number of imidazole rings is 1. The standard InChI is InChI=1S/C12H16ClN5/c1-7(2)5-18(8-3-4-8)11-9-10(15-6-14-9)16-12(13)17-11/h6-8H,3-5H2,1-2H3,(H,14,15,16,17). The Bertz CT molecular complexity index is 561. The average Bonchev–Trinajstić information content (AvgIpc) is 3.04. The van der Waals surface area contributed by atoms with Crippen LogP contribution in [0.2, 0.25) is 5.28 Å². The number of hydrogen-bond acceptors (Lipinski definition) is 4. The summed E-state index contributed by atoms with van der Waals surface area (Å²) in [7, 11) is 0. The number of H-pyrrole nitrogens is 1. The molecule has 5 nitrogen and oxygen atoms in total. The third-order valence-electron chi connectivity index (χ3n) is 3.06. The molecule has 0 spiro atoms. The van der Waals surface area contributed by atoms with E-state index in [2.05, 4.69) is 38.7 Å². The zero-order valence-corrected chi connectivity index (χ0v) is 11.3. The maximum atomic E-state index is 5.98. The van der Waals surface area contributed by atoms with Gasteiger partial charge in [-0.25, -0.2) is 4.98 Å². The average molecular weight is 266 g/mol. The van der Waals surface area contributed by atoms with Gasteiger partial charge in [-0.05, 0) is 30.4 Å². The van der Waals surface area contributed by atoms with Crippen molar-refractivity contribution < 1.29 is 0 Å².